The van der Waals surface area contributed by atoms with Gasteiger partial charge in [-0.1, -0.05) is 24.3 Å². The molecule has 0 amide bonds. The number of para-hydroxylation sites is 1. The Bertz CT molecular complexity index is 553. The van der Waals surface area contributed by atoms with E-state index in [1.807, 2.05) is 0 Å². The molecule has 2 nitrogen and oxygen atoms in total. The molecule has 2 rings (SSSR count). The first-order valence-corrected chi connectivity index (χ1v) is 5.48. The van der Waals surface area contributed by atoms with Crippen molar-refractivity contribution in [1.82, 2.24) is 0 Å². The van der Waals surface area contributed by atoms with Gasteiger partial charge in [0, 0.05) is 5.56 Å². The molecule has 0 spiro atoms. The van der Waals surface area contributed by atoms with Crippen LogP contribution in [0.1, 0.15) is 18.6 Å². The fourth-order valence-corrected chi connectivity index (χ4v) is 1.60. The largest absolute Gasteiger partial charge is 0.454 e. The molecule has 0 aliphatic rings. The van der Waals surface area contributed by atoms with Gasteiger partial charge in [0.15, 0.2) is 11.6 Å². The molecule has 2 aromatic rings. The van der Waals surface area contributed by atoms with E-state index in [2.05, 4.69) is 0 Å². The van der Waals surface area contributed by atoms with Gasteiger partial charge in [0.2, 0.25) is 5.82 Å². The number of benzene rings is 2. The van der Waals surface area contributed by atoms with Crippen molar-refractivity contribution in [2.24, 2.45) is 0 Å². The normalized spacial score (nSPS) is 12.2. The molecule has 0 bridgehead atoms. The lowest BCUT2D eigenvalue weighted by Gasteiger charge is -2.13. The molecule has 0 fully saturated rings. The second kappa shape index (κ2) is 5.14. The van der Waals surface area contributed by atoms with E-state index in [4.69, 9.17) is 4.74 Å². The molecule has 0 heterocycles. The Morgan fingerprint density at radius 3 is 2.39 bits per heavy atom. The van der Waals surface area contributed by atoms with Crippen molar-refractivity contribution in [3.8, 4) is 11.5 Å². The highest BCUT2D eigenvalue weighted by molar-refractivity contribution is 5.39. The summed E-state index contributed by atoms with van der Waals surface area (Å²) < 4.78 is 31.8. The van der Waals surface area contributed by atoms with Gasteiger partial charge in [-0.2, -0.15) is 4.39 Å². The highest BCUT2D eigenvalue weighted by Crippen LogP contribution is 2.31. The fourth-order valence-electron chi connectivity index (χ4n) is 1.60. The highest BCUT2D eigenvalue weighted by Gasteiger charge is 2.13. The van der Waals surface area contributed by atoms with Gasteiger partial charge in [-0.3, -0.25) is 0 Å². The third-order valence-corrected chi connectivity index (χ3v) is 2.51. The minimum Gasteiger partial charge on any atom is -0.454 e. The highest BCUT2D eigenvalue weighted by atomic mass is 19.2. The zero-order valence-corrected chi connectivity index (χ0v) is 9.73. The number of aliphatic hydroxyl groups is 1. The third-order valence-electron chi connectivity index (χ3n) is 2.51. The van der Waals surface area contributed by atoms with Crippen LogP contribution in [0.2, 0.25) is 0 Å². The van der Waals surface area contributed by atoms with Crippen LogP contribution in [0, 0.1) is 11.6 Å². The maximum absolute atomic E-state index is 13.5. The first kappa shape index (κ1) is 12.5. The SMILES string of the molecule is C[C@H](O)c1ccccc1Oc1cccc(F)c1F. The standard InChI is InChI=1S/C14H12F2O2/c1-9(17)10-5-2-3-7-12(10)18-13-8-4-6-11(15)14(13)16/h2-9,17H,1H3/t9-/m0/s1. The lowest BCUT2D eigenvalue weighted by molar-refractivity contribution is 0.195. The Hall–Kier alpha value is -1.94. The summed E-state index contributed by atoms with van der Waals surface area (Å²) >= 11 is 0. The third kappa shape index (κ3) is 2.49. The van der Waals surface area contributed by atoms with Crippen LogP contribution in [0.3, 0.4) is 0 Å². The number of aliphatic hydroxyl groups excluding tert-OH is 1. The summed E-state index contributed by atoms with van der Waals surface area (Å²) in [4.78, 5) is 0. The molecule has 0 unspecified atom stereocenters. The van der Waals surface area contributed by atoms with Crippen molar-refractivity contribution < 1.29 is 18.6 Å². The molecule has 0 aliphatic heterocycles. The number of hydrogen-bond donors (Lipinski definition) is 1. The molecule has 0 radical (unpaired) electrons. The Kier molecular flexibility index (Phi) is 3.58. The minimum atomic E-state index is -1.04. The zero-order chi connectivity index (χ0) is 13.1. The molecule has 0 saturated heterocycles. The predicted octanol–water partition coefficient (Wildman–Crippen LogP) is 3.81. The molecule has 18 heavy (non-hydrogen) atoms. The van der Waals surface area contributed by atoms with Gasteiger partial charge in [-0.05, 0) is 25.1 Å². The summed E-state index contributed by atoms with van der Waals surface area (Å²) in [5, 5.41) is 9.56. The second-order valence-electron chi connectivity index (χ2n) is 3.87. The summed E-state index contributed by atoms with van der Waals surface area (Å²) in [6, 6.07) is 10.4. The molecule has 2 aromatic carbocycles. The summed E-state index contributed by atoms with van der Waals surface area (Å²) in [6.07, 6.45) is -0.752. The van der Waals surface area contributed by atoms with Crippen LogP contribution in [-0.2, 0) is 0 Å². The van der Waals surface area contributed by atoms with E-state index in [1.165, 1.54) is 12.1 Å². The molecule has 0 saturated carbocycles. The Morgan fingerprint density at radius 1 is 1.00 bits per heavy atom. The Morgan fingerprint density at radius 2 is 1.67 bits per heavy atom. The van der Waals surface area contributed by atoms with Crippen LogP contribution < -0.4 is 4.74 Å². The number of rotatable bonds is 3. The lowest BCUT2D eigenvalue weighted by atomic mass is 10.1. The topological polar surface area (TPSA) is 29.5 Å². The average molecular weight is 250 g/mol. The summed E-state index contributed by atoms with van der Waals surface area (Å²) in [6.45, 7) is 1.57. The number of hydrogen-bond acceptors (Lipinski definition) is 2. The molecule has 0 aromatic heterocycles. The fraction of sp³-hybridized carbons (Fsp3) is 0.143. The van der Waals surface area contributed by atoms with Gasteiger partial charge in [0.1, 0.15) is 5.75 Å². The van der Waals surface area contributed by atoms with Crippen LogP contribution in [0.15, 0.2) is 42.5 Å². The first-order valence-electron chi connectivity index (χ1n) is 5.48. The summed E-state index contributed by atoms with van der Waals surface area (Å²) in [7, 11) is 0. The van der Waals surface area contributed by atoms with Crippen molar-refractivity contribution in [3.05, 3.63) is 59.7 Å². The maximum atomic E-state index is 13.5. The average Bonchev–Trinajstić information content (AvgIpc) is 2.35. The van der Waals surface area contributed by atoms with E-state index in [1.54, 1.807) is 31.2 Å². The lowest BCUT2D eigenvalue weighted by Crippen LogP contribution is -1.97. The molecular formula is C14H12F2O2. The molecule has 94 valence electrons. The quantitative estimate of drug-likeness (QED) is 0.897. The van der Waals surface area contributed by atoms with Crippen molar-refractivity contribution in [2.75, 3.05) is 0 Å². The molecule has 4 heteroatoms. The van der Waals surface area contributed by atoms with Crippen LogP contribution in [0.4, 0.5) is 8.78 Å². The van der Waals surface area contributed by atoms with Gasteiger partial charge < -0.3 is 9.84 Å². The smallest absolute Gasteiger partial charge is 0.201 e. The van der Waals surface area contributed by atoms with E-state index >= 15 is 0 Å². The van der Waals surface area contributed by atoms with E-state index < -0.39 is 17.7 Å². The molecule has 1 N–H and O–H groups in total. The van der Waals surface area contributed by atoms with Crippen molar-refractivity contribution in [3.63, 3.8) is 0 Å². The maximum Gasteiger partial charge on any atom is 0.201 e. The van der Waals surface area contributed by atoms with E-state index in [0.29, 0.717) is 11.3 Å². The van der Waals surface area contributed by atoms with Crippen LogP contribution in [-0.4, -0.2) is 5.11 Å². The number of halogens is 2. The minimum absolute atomic E-state index is 0.205. The van der Waals surface area contributed by atoms with Crippen molar-refractivity contribution >= 4 is 0 Å². The van der Waals surface area contributed by atoms with Crippen LogP contribution >= 0.6 is 0 Å². The van der Waals surface area contributed by atoms with Gasteiger partial charge in [-0.15, -0.1) is 0 Å². The van der Waals surface area contributed by atoms with E-state index in [0.717, 1.165) is 6.07 Å². The molecule has 0 aliphatic carbocycles. The Labute approximate surface area is 103 Å². The van der Waals surface area contributed by atoms with E-state index in [-0.39, 0.29) is 5.75 Å². The Balaban J connectivity index is 2.37. The van der Waals surface area contributed by atoms with Crippen LogP contribution in [0.5, 0.6) is 11.5 Å². The first-order chi connectivity index (χ1) is 8.59. The number of ether oxygens (including phenoxy) is 1. The molecule has 1 atom stereocenters. The second-order valence-corrected chi connectivity index (χ2v) is 3.87. The monoisotopic (exact) mass is 250 g/mol. The van der Waals surface area contributed by atoms with Crippen LogP contribution in [0.25, 0.3) is 0 Å². The predicted molar refractivity (Wildman–Crippen MR) is 63.5 cm³/mol. The zero-order valence-electron chi connectivity index (χ0n) is 9.73. The van der Waals surface area contributed by atoms with Crippen molar-refractivity contribution in [2.45, 2.75) is 13.0 Å². The molecular weight excluding hydrogens is 238 g/mol. The summed E-state index contributed by atoms with van der Waals surface area (Å²) in [5.41, 5.74) is 0.515. The van der Waals surface area contributed by atoms with Gasteiger partial charge >= 0.3 is 0 Å². The van der Waals surface area contributed by atoms with Gasteiger partial charge in [-0.25, -0.2) is 4.39 Å². The van der Waals surface area contributed by atoms with Crippen molar-refractivity contribution in [1.29, 1.82) is 0 Å². The van der Waals surface area contributed by atoms with E-state index in [9.17, 15) is 13.9 Å². The summed E-state index contributed by atoms with van der Waals surface area (Å²) in [5.74, 6) is -1.92. The van der Waals surface area contributed by atoms with Gasteiger partial charge in [0.25, 0.3) is 0 Å². The van der Waals surface area contributed by atoms with Gasteiger partial charge in [0.05, 0.1) is 6.10 Å².